The molecule has 2 aromatic rings. The second-order valence-corrected chi connectivity index (χ2v) is 9.16. The monoisotopic (exact) mass is 474 g/mol. The SMILES string of the molecule is CCC(C)N(C(=O)c1ccc([N+](=O)[O-])cc1)C1CC(=O)N(c2ccc(S(N)(=O)=O)cc2)C1=O. The summed E-state index contributed by atoms with van der Waals surface area (Å²) in [5.74, 6) is -1.70. The predicted molar refractivity (Wildman–Crippen MR) is 118 cm³/mol. The molecule has 0 spiro atoms. The number of rotatable bonds is 7. The van der Waals surface area contributed by atoms with Gasteiger partial charge in [-0.15, -0.1) is 0 Å². The van der Waals surface area contributed by atoms with Crippen molar-refractivity contribution < 1.29 is 27.7 Å². The Morgan fingerprint density at radius 3 is 2.24 bits per heavy atom. The third-order valence-electron chi connectivity index (χ3n) is 5.51. The number of sulfonamides is 1. The number of anilines is 1. The molecular weight excluding hydrogens is 452 g/mol. The van der Waals surface area contributed by atoms with E-state index in [2.05, 4.69) is 0 Å². The van der Waals surface area contributed by atoms with Crippen LogP contribution in [0.25, 0.3) is 0 Å². The first-order valence-electron chi connectivity index (χ1n) is 10.0. The number of nitrogens with zero attached hydrogens (tertiary/aromatic N) is 3. The Morgan fingerprint density at radius 2 is 1.76 bits per heavy atom. The zero-order chi connectivity index (χ0) is 24.5. The van der Waals surface area contributed by atoms with Gasteiger partial charge in [0.2, 0.25) is 15.9 Å². The number of non-ortho nitro benzene ring substituents is 1. The molecule has 1 heterocycles. The molecule has 3 rings (SSSR count). The molecule has 0 saturated carbocycles. The minimum Gasteiger partial charge on any atom is -0.323 e. The molecule has 12 heteroatoms. The molecule has 0 bridgehead atoms. The fraction of sp³-hybridized carbons (Fsp3) is 0.286. The first kappa shape index (κ1) is 24.0. The summed E-state index contributed by atoms with van der Waals surface area (Å²) < 4.78 is 22.9. The molecule has 2 aromatic carbocycles. The zero-order valence-electron chi connectivity index (χ0n) is 17.9. The van der Waals surface area contributed by atoms with E-state index in [0.717, 1.165) is 4.90 Å². The summed E-state index contributed by atoms with van der Waals surface area (Å²) in [5, 5.41) is 16.0. The highest BCUT2D eigenvalue weighted by molar-refractivity contribution is 7.89. The average Bonchev–Trinajstić information content (AvgIpc) is 3.06. The van der Waals surface area contributed by atoms with E-state index < -0.39 is 44.8 Å². The van der Waals surface area contributed by atoms with Crippen LogP contribution in [0.1, 0.15) is 37.0 Å². The third kappa shape index (κ3) is 4.76. The Labute approximate surface area is 190 Å². The van der Waals surface area contributed by atoms with Crippen LogP contribution >= 0.6 is 0 Å². The smallest absolute Gasteiger partial charge is 0.269 e. The van der Waals surface area contributed by atoms with Crippen LogP contribution in [-0.2, 0) is 19.6 Å². The van der Waals surface area contributed by atoms with E-state index >= 15 is 0 Å². The molecule has 1 aliphatic rings. The van der Waals surface area contributed by atoms with Crippen molar-refractivity contribution in [3.8, 4) is 0 Å². The number of hydrogen-bond donors (Lipinski definition) is 1. The molecule has 0 aromatic heterocycles. The molecule has 1 fully saturated rings. The lowest BCUT2D eigenvalue weighted by atomic mass is 10.1. The molecule has 11 nitrogen and oxygen atoms in total. The van der Waals surface area contributed by atoms with Gasteiger partial charge >= 0.3 is 0 Å². The number of carbonyl (C=O) groups excluding carboxylic acids is 3. The maximum atomic E-state index is 13.3. The number of carbonyl (C=O) groups is 3. The lowest BCUT2D eigenvalue weighted by Gasteiger charge is -2.33. The fourth-order valence-corrected chi connectivity index (χ4v) is 4.13. The van der Waals surface area contributed by atoms with Gasteiger partial charge in [-0.2, -0.15) is 0 Å². The Bertz CT molecular complexity index is 1210. The van der Waals surface area contributed by atoms with Crippen LogP contribution in [0.2, 0.25) is 0 Å². The van der Waals surface area contributed by atoms with E-state index in [1.807, 2.05) is 6.92 Å². The Kier molecular flexibility index (Phi) is 6.60. The lowest BCUT2D eigenvalue weighted by molar-refractivity contribution is -0.384. The number of benzene rings is 2. The summed E-state index contributed by atoms with van der Waals surface area (Å²) >= 11 is 0. The van der Waals surface area contributed by atoms with Crippen molar-refractivity contribution in [1.82, 2.24) is 4.90 Å². The molecule has 2 N–H and O–H groups in total. The zero-order valence-corrected chi connectivity index (χ0v) is 18.7. The van der Waals surface area contributed by atoms with Crippen LogP contribution in [-0.4, -0.2) is 48.0 Å². The van der Waals surface area contributed by atoms with E-state index in [-0.39, 0.29) is 28.3 Å². The molecule has 3 amide bonds. The normalized spacial score (nSPS) is 17.2. The van der Waals surface area contributed by atoms with E-state index in [1.165, 1.54) is 53.4 Å². The van der Waals surface area contributed by atoms with Crippen molar-refractivity contribution in [1.29, 1.82) is 0 Å². The highest BCUT2D eigenvalue weighted by Crippen LogP contribution is 2.29. The summed E-state index contributed by atoms with van der Waals surface area (Å²) in [4.78, 5) is 51.6. The van der Waals surface area contributed by atoms with Crippen molar-refractivity contribution in [3.63, 3.8) is 0 Å². The van der Waals surface area contributed by atoms with E-state index in [0.29, 0.717) is 6.42 Å². The van der Waals surface area contributed by atoms with Crippen LogP contribution in [0.4, 0.5) is 11.4 Å². The highest BCUT2D eigenvalue weighted by atomic mass is 32.2. The Hall–Kier alpha value is -3.64. The van der Waals surface area contributed by atoms with Crippen LogP contribution < -0.4 is 10.0 Å². The quantitative estimate of drug-likeness (QED) is 0.363. The van der Waals surface area contributed by atoms with Gasteiger partial charge in [0.1, 0.15) is 6.04 Å². The maximum absolute atomic E-state index is 13.3. The summed E-state index contributed by atoms with van der Waals surface area (Å²) in [6.07, 6.45) is 0.249. The Morgan fingerprint density at radius 1 is 1.18 bits per heavy atom. The lowest BCUT2D eigenvalue weighted by Crippen LogP contribution is -2.49. The minimum atomic E-state index is -3.94. The van der Waals surface area contributed by atoms with Crippen LogP contribution in [0.5, 0.6) is 0 Å². The fourth-order valence-electron chi connectivity index (χ4n) is 3.61. The highest BCUT2D eigenvalue weighted by Gasteiger charge is 2.45. The van der Waals surface area contributed by atoms with E-state index in [1.54, 1.807) is 6.92 Å². The van der Waals surface area contributed by atoms with Gasteiger partial charge in [-0.3, -0.25) is 24.5 Å². The first-order chi connectivity index (χ1) is 15.5. The van der Waals surface area contributed by atoms with Gasteiger partial charge in [0, 0.05) is 23.7 Å². The van der Waals surface area contributed by atoms with Crippen molar-refractivity contribution in [2.45, 2.75) is 43.7 Å². The number of hydrogen-bond acceptors (Lipinski definition) is 7. The first-order valence-corrected chi connectivity index (χ1v) is 11.6. The van der Waals surface area contributed by atoms with Gasteiger partial charge in [-0.1, -0.05) is 6.92 Å². The molecule has 2 atom stereocenters. The van der Waals surface area contributed by atoms with Gasteiger partial charge in [0.15, 0.2) is 0 Å². The van der Waals surface area contributed by atoms with Crippen molar-refractivity contribution in [2.75, 3.05) is 4.90 Å². The third-order valence-corrected chi connectivity index (χ3v) is 6.44. The number of nitro benzene ring substituents is 1. The Balaban J connectivity index is 1.92. The van der Waals surface area contributed by atoms with Gasteiger partial charge in [-0.05, 0) is 49.7 Å². The van der Waals surface area contributed by atoms with Crippen molar-refractivity contribution in [3.05, 3.63) is 64.2 Å². The predicted octanol–water partition coefficient (Wildman–Crippen LogP) is 1.81. The molecule has 0 aliphatic carbocycles. The average molecular weight is 474 g/mol. The van der Waals surface area contributed by atoms with Gasteiger partial charge in [-0.25, -0.2) is 18.5 Å². The molecule has 33 heavy (non-hydrogen) atoms. The number of primary sulfonamides is 1. The second kappa shape index (κ2) is 9.08. The molecule has 0 radical (unpaired) electrons. The number of nitro groups is 1. The van der Waals surface area contributed by atoms with Crippen molar-refractivity contribution in [2.24, 2.45) is 5.14 Å². The minimum absolute atomic E-state index is 0.150. The number of imide groups is 1. The summed E-state index contributed by atoms with van der Waals surface area (Å²) in [5.41, 5.74) is 0.131. The summed E-state index contributed by atoms with van der Waals surface area (Å²) in [6, 6.07) is 8.49. The molecule has 1 aliphatic heterocycles. The molecule has 2 unspecified atom stereocenters. The number of nitrogens with two attached hydrogens (primary N) is 1. The van der Waals surface area contributed by atoms with Crippen LogP contribution in [0.15, 0.2) is 53.4 Å². The standard InChI is InChI=1S/C21H22N4O7S/c1-3-13(2)23(20(27)14-4-6-16(7-5-14)25(29)30)18-12-19(26)24(21(18)28)15-8-10-17(11-9-15)33(22,31)32/h4-11,13,18H,3,12H2,1-2H3,(H2,22,31,32). The van der Waals surface area contributed by atoms with Gasteiger partial charge in [0.25, 0.3) is 17.5 Å². The topological polar surface area (TPSA) is 161 Å². The maximum Gasteiger partial charge on any atom is 0.269 e. The molecule has 1 saturated heterocycles. The summed E-state index contributed by atoms with van der Waals surface area (Å²) in [7, 11) is -3.94. The van der Waals surface area contributed by atoms with Gasteiger partial charge in [0.05, 0.1) is 21.9 Å². The molecular formula is C21H22N4O7S. The largest absolute Gasteiger partial charge is 0.323 e. The summed E-state index contributed by atoms with van der Waals surface area (Å²) in [6.45, 7) is 3.57. The van der Waals surface area contributed by atoms with E-state index in [9.17, 15) is 32.9 Å². The van der Waals surface area contributed by atoms with Crippen molar-refractivity contribution >= 4 is 39.1 Å². The molecule has 174 valence electrons. The van der Waals surface area contributed by atoms with Crippen LogP contribution in [0.3, 0.4) is 0 Å². The van der Waals surface area contributed by atoms with Gasteiger partial charge < -0.3 is 4.90 Å². The van der Waals surface area contributed by atoms with E-state index in [4.69, 9.17) is 5.14 Å². The second-order valence-electron chi connectivity index (χ2n) is 7.60. The number of amides is 3. The van der Waals surface area contributed by atoms with Crippen LogP contribution in [0, 0.1) is 10.1 Å².